The third-order valence-electron chi connectivity index (χ3n) is 5.20. The maximum absolute atomic E-state index is 10.5. The summed E-state index contributed by atoms with van der Waals surface area (Å²) in [6.45, 7) is 0. The lowest BCUT2D eigenvalue weighted by molar-refractivity contribution is 0.477. The van der Waals surface area contributed by atoms with Crippen LogP contribution in [-0.2, 0) is 0 Å². The van der Waals surface area contributed by atoms with Crippen LogP contribution in [0, 0.1) is 0 Å². The van der Waals surface area contributed by atoms with Gasteiger partial charge in [0.05, 0.1) is 11.4 Å². The summed E-state index contributed by atoms with van der Waals surface area (Å²) in [5.41, 5.74) is 6.33. The monoisotopic (exact) mass is 400 g/mol. The van der Waals surface area contributed by atoms with Crippen molar-refractivity contribution in [2.75, 3.05) is 0 Å². The Morgan fingerprint density at radius 3 is 1.58 bits per heavy atom. The maximum atomic E-state index is 10.5. The fraction of sp³-hybridized carbons (Fsp3) is 0. The lowest BCUT2D eigenvalue weighted by Gasteiger charge is -2.11. The number of aromatic hydroxyl groups is 1. The van der Waals surface area contributed by atoms with Crippen molar-refractivity contribution in [2.45, 2.75) is 0 Å². The minimum absolute atomic E-state index is 0.246. The van der Waals surface area contributed by atoms with Crippen molar-refractivity contribution in [1.82, 2.24) is 9.97 Å². The predicted octanol–water partition coefficient (Wildman–Crippen LogP) is 6.85. The number of nitrogens with zero attached hydrogens (tertiary/aromatic N) is 2. The molecule has 0 fully saturated rings. The molecular weight excluding hydrogens is 380 g/mol. The Bertz CT molecular complexity index is 1260. The van der Waals surface area contributed by atoms with E-state index in [0.29, 0.717) is 5.82 Å². The summed E-state index contributed by atoms with van der Waals surface area (Å²) in [5.74, 6) is 0.918. The first-order valence-corrected chi connectivity index (χ1v) is 10.2. The summed E-state index contributed by atoms with van der Waals surface area (Å²) in [6, 6.07) is 37.6. The Kier molecular flexibility index (Phi) is 4.99. The van der Waals surface area contributed by atoms with Gasteiger partial charge >= 0.3 is 0 Å². The molecule has 1 N–H and O–H groups in total. The van der Waals surface area contributed by atoms with Gasteiger partial charge < -0.3 is 5.11 Å². The molecule has 5 rings (SSSR count). The third-order valence-corrected chi connectivity index (χ3v) is 5.20. The first-order valence-electron chi connectivity index (χ1n) is 10.2. The van der Waals surface area contributed by atoms with Crippen molar-refractivity contribution in [3.63, 3.8) is 0 Å². The van der Waals surface area contributed by atoms with Crippen LogP contribution in [0.25, 0.3) is 45.0 Å². The second-order valence-corrected chi connectivity index (χ2v) is 7.29. The van der Waals surface area contributed by atoms with E-state index in [4.69, 9.17) is 9.97 Å². The Balaban J connectivity index is 1.69. The Labute approximate surface area is 181 Å². The summed E-state index contributed by atoms with van der Waals surface area (Å²) in [4.78, 5) is 9.71. The minimum Gasteiger partial charge on any atom is -0.507 e. The number of hydrogen-bond acceptors (Lipinski definition) is 3. The van der Waals surface area contributed by atoms with Crippen molar-refractivity contribution in [3.05, 3.63) is 115 Å². The van der Waals surface area contributed by atoms with Crippen LogP contribution >= 0.6 is 0 Å². The molecule has 0 amide bonds. The van der Waals surface area contributed by atoms with Crippen molar-refractivity contribution in [3.8, 4) is 50.8 Å². The first-order chi connectivity index (χ1) is 15.3. The summed E-state index contributed by atoms with van der Waals surface area (Å²) in [6.07, 6.45) is 0. The molecule has 1 aromatic heterocycles. The summed E-state index contributed by atoms with van der Waals surface area (Å²) in [7, 11) is 0. The van der Waals surface area contributed by atoms with E-state index in [-0.39, 0.29) is 5.75 Å². The van der Waals surface area contributed by atoms with E-state index in [1.165, 1.54) is 0 Å². The van der Waals surface area contributed by atoms with E-state index in [1.54, 1.807) is 6.07 Å². The van der Waals surface area contributed by atoms with E-state index in [1.807, 2.05) is 109 Å². The van der Waals surface area contributed by atoms with Crippen LogP contribution in [0.3, 0.4) is 0 Å². The third kappa shape index (κ3) is 3.94. The second kappa shape index (κ2) is 8.25. The average molecular weight is 400 g/mol. The molecule has 4 aromatic carbocycles. The van der Waals surface area contributed by atoms with Gasteiger partial charge in [0.15, 0.2) is 5.82 Å². The van der Waals surface area contributed by atoms with Crippen molar-refractivity contribution in [1.29, 1.82) is 0 Å². The topological polar surface area (TPSA) is 46.0 Å². The molecule has 0 unspecified atom stereocenters. The van der Waals surface area contributed by atoms with Crippen LogP contribution in [0.2, 0.25) is 0 Å². The fourth-order valence-electron chi connectivity index (χ4n) is 3.61. The summed E-state index contributed by atoms with van der Waals surface area (Å²) in [5, 5.41) is 10.5. The molecular formula is C28H20N2O. The second-order valence-electron chi connectivity index (χ2n) is 7.29. The molecule has 3 heteroatoms. The van der Waals surface area contributed by atoms with Crippen LogP contribution in [0.5, 0.6) is 5.75 Å². The number of aromatic nitrogens is 2. The standard InChI is InChI=1S/C28H20N2O/c31-27-17-16-23(18-24(27)20-10-4-1-5-11-20)26-19-25(21-12-6-2-7-13-21)29-28(30-26)22-14-8-3-9-15-22/h1-19,31H. The molecule has 0 atom stereocenters. The molecule has 0 bridgehead atoms. The molecule has 3 nitrogen and oxygen atoms in total. The summed E-state index contributed by atoms with van der Waals surface area (Å²) < 4.78 is 0. The van der Waals surface area contributed by atoms with Crippen LogP contribution in [0.15, 0.2) is 115 Å². The van der Waals surface area contributed by atoms with Crippen molar-refractivity contribution < 1.29 is 5.11 Å². The fourth-order valence-corrected chi connectivity index (χ4v) is 3.61. The van der Waals surface area contributed by atoms with Gasteiger partial charge in [-0.25, -0.2) is 9.97 Å². The number of rotatable bonds is 4. The van der Waals surface area contributed by atoms with Crippen molar-refractivity contribution >= 4 is 0 Å². The van der Waals surface area contributed by atoms with E-state index >= 15 is 0 Å². The van der Waals surface area contributed by atoms with E-state index in [2.05, 4.69) is 0 Å². The highest BCUT2D eigenvalue weighted by Crippen LogP contribution is 2.34. The molecule has 0 aliphatic heterocycles. The van der Waals surface area contributed by atoms with Gasteiger partial charge in [-0.1, -0.05) is 91.0 Å². The largest absolute Gasteiger partial charge is 0.507 e. The first kappa shape index (κ1) is 18.8. The average Bonchev–Trinajstić information content (AvgIpc) is 2.86. The number of phenols is 1. The van der Waals surface area contributed by atoms with Gasteiger partial charge in [-0.3, -0.25) is 0 Å². The maximum Gasteiger partial charge on any atom is 0.160 e. The van der Waals surface area contributed by atoms with E-state index < -0.39 is 0 Å². The highest BCUT2D eigenvalue weighted by Gasteiger charge is 2.12. The Morgan fingerprint density at radius 2 is 0.968 bits per heavy atom. The Morgan fingerprint density at radius 1 is 0.452 bits per heavy atom. The zero-order valence-electron chi connectivity index (χ0n) is 16.8. The van der Waals surface area contributed by atoms with Gasteiger partial charge in [0.2, 0.25) is 0 Å². The van der Waals surface area contributed by atoms with Crippen molar-refractivity contribution in [2.24, 2.45) is 0 Å². The lowest BCUT2D eigenvalue weighted by Crippen LogP contribution is -1.96. The smallest absolute Gasteiger partial charge is 0.160 e. The molecule has 148 valence electrons. The van der Waals surface area contributed by atoms with Gasteiger partial charge in [-0.15, -0.1) is 0 Å². The number of hydrogen-bond donors (Lipinski definition) is 1. The van der Waals surface area contributed by atoms with Crippen LogP contribution in [0.4, 0.5) is 0 Å². The lowest BCUT2D eigenvalue weighted by atomic mass is 9.99. The molecule has 0 radical (unpaired) electrons. The highest BCUT2D eigenvalue weighted by atomic mass is 16.3. The van der Waals surface area contributed by atoms with Gasteiger partial charge in [-0.05, 0) is 29.8 Å². The summed E-state index contributed by atoms with van der Waals surface area (Å²) >= 11 is 0. The van der Waals surface area contributed by atoms with Gasteiger partial charge in [0.25, 0.3) is 0 Å². The molecule has 31 heavy (non-hydrogen) atoms. The van der Waals surface area contributed by atoms with Crippen LogP contribution < -0.4 is 0 Å². The zero-order chi connectivity index (χ0) is 21.0. The zero-order valence-corrected chi connectivity index (χ0v) is 16.8. The molecule has 0 saturated carbocycles. The van der Waals surface area contributed by atoms with E-state index in [0.717, 1.165) is 39.2 Å². The van der Waals surface area contributed by atoms with Gasteiger partial charge in [0, 0.05) is 22.3 Å². The Hall–Kier alpha value is -4.24. The number of benzene rings is 4. The normalized spacial score (nSPS) is 10.7. The van der Waals surface area contributed by atoms with E-state index in [9.17, 15) is 5.11 Å². The highest BCUT2D eigenvalue weighted by molar-refractivity contribution is 5.78. The van der Waals surface area contributed by atoms with Gasteiger partial charge in [0.1, 0.15) is 5.75 Å². The number of phenolic OH excluding ortho intramolecular Hbond substituents is 1. The van der Waals surface area contributed by atoms with Crippen LogP contribution in [0.1, 0.15) is 0 Å². The minimum atomic E-state index is 0.246. The van der Waals surface area contributed by atoms with Gasteiger partial charge in [-0.2, -0.15) is 0 Å². The molecule has 5 aromatic rings. The molecule has 0 aliphatic rings. The predicted molar refractivity (Wildman–Crippen MR) is 125 cm³/mol. The van der Waals surface area contributed by atoms with Crippen LogP contribution in [-0.4, -0.2) is 15.1 Å². The molecule has 0 spiro atoms. The molecule has 0 aliphatic carbocycles. The molecule has 0 saturated heterocycles. The quantitative estimate of drug-likeness (QED) is 0.359. The SMILES string of the molecule is Oc1ccc(-c2cc(-c3ccccc3)nc(-c3ccccc3)n2)cc1-c1ccccc1. The molecule has 1 heterocycles.